The highest BCUT2D eigenvalue weighted by molar-refractivity contribution is 5.73. The number of aromatic nitrogens is 4. The molecular weight excluding hydrogens is 375 g/mol. The van der Waals surface area contributed by atoms with Crippen molar-refractivity contribution in [2.45, 2.75) is 32.9 Å². The van der Waals surface area contributed by atoms with E-state index in [0.29, 0.717) is 30.6 Å². The molecule has 2 aromatic heterocycles. The number of esters is 1. The van der Waals surface area contributed by atoms with E-state index in [4.69, 9.17) is 4.74 Å². The second kappa shape index (κ2) is 7.76. The molecule has 1 aliphatic rings. The molecule has 0 radical (unpaired) electrons. The summed E-state index contributed by atoms with van der Waals surface area (Å²) in [6.45, 7) is 4.44. The van der Waals surface area contributed by atoms with E-state index in [-0.39, 0.29) is 30.8 Å². The number of alkyl halides is 3. The van der Waals surface area contributed by atoms with Crippen molar-refractivity contribution in [3.05, 3.63) is 23.7 Å². The number of carbonyl (C=O) groups is 1. The fourth-order valence-corrected chi connectivity index (χ4v) is 3.22. The Hall–Kier alpha value is -2.65. The molecule has 2 aromatic rings. The number of aryl methyl sites for hydroxylation is 1. The third kappa shape index (κ3) is 4.10. The van der Waals surface area contributed by atoms with Crippen molar-refractivity contribution in [2.75, 3.05) is 24.6 Å². The standard InChI is InChI=1S/C18H22F3N5O2/c1-4-28-16(27)12-6-5-7-26(10-12)17-23-14(8-15(24-17)18(19,20)21)13-9-22-25(3)11(13)2/h8-9,12H,4-7,10H2,1-3H3/t12-/m1/s1. The lowest BCUT2D eigenvalue weighted by Crippen LogP contribution is -2.40. The van der Waals surface area contributed by atoms with Gasteiger partial charge in [-0.15, -0.1) is 0 Å². The van der Waals surface area contributed by atoms with Gasteiger partial charge in [0.2, 0.25) is 5.95 Å². The van der Waals surface area contributed by atoms with Gasteiger partial charge in [-0.2, -0.15) is 18.3 Å². The maximum absolute atomic E-state index is 13.4. The molecule has 0 saturated carbocycles. The number of rotatable bonds is 4. The van der Waals surface area contributed by atoms with Crippen LogP contribution in [0.2, 0.25) is 0 Å². The first-order chi connectivity index (χ1) is 13.2. The molecule has 0 aliphatic carbocycles. The van der Waals surface area contributed by atoms with Gasteiger partial charge in [0.05, 0.1) is 24.4 Å². The van der Waals surface area contributed by atoms with Crippen LogP contribution in [0.5, 0.6) is 0 Å². The Kier molecular flexibility index (Phi) is 5.57. The van der Waals surface area contributed by atoms with E-state index < -0.39 is 17.8 Å². The van der Waals surface area contributed by atoms with Crippen LogP contribution in [0, 0.1) is 12.8 Å². The Morgan fingerprint density at radius 3 is 2.71 bits per heavy atom. The number of piperidine rings is 1. The van der Waals surface area contributed by atoms with Gasteiger partial charge in [-0.3, -0.25) is 9.48 Å². The summed E-state index contributed by atoms with van der Waals surface area (Å²) in [5.41, 5.74) is 0.339. The predicted molar refractivity (Wildman–Crippen MR) is 95.5 cm³/mol. The summed E-state index contributed by atoms with van der Waals surface area (Å²) < 4.78 is 46.9. The first-order valence-electron chi connectivity index (χ1n) is 9.07. The number of anilines is 1. The Bertz CT molecular complexity index is 865. The minimum atomic E-state index is -4.61. The van der Waals surface area contributed by atoms with E-state index in [0.717, 1.165) is 6.07 Å². The van der Waals surface area contributed by atoms with Gasteiger partial charge in [-0.1, -0.05) is 0 Å². The summed E-state index contributed by atoms with van der Waals surface area (Å²) >= 11 is 0. The highest BCUT2D eigenvalue weighted by atomic mass is 19.4. The number of halogens is 3. The summed E-state index contributed by atoms with van der Waals surface area (Å²) in [6.07, 6.45) is -1.86. The quantitative estimate of drug-likeness (QED) is 0.739. The number of nitrogens with zero attached hydrogens (tertiary/aromatic N) is 5. The molecule has 0 amide bonds. The molecule has 7 nitrogen and oxygen atoms in total. The number of carbonyl (C=O) groups excluding carboxylic acids is 1. The van der Waals surface area contributed by atoms with Gasteiger partial charge in [-0.05, 0) is 32.8 Å². The Morgan fingerprint density at radius 2 is 2.11 bits per heavy atom. The van der Waals surface area contributed by atoms with E-state index in [1.807, 2.05) is 0 Å². The number of hydrogen-bond acceptors (Lipinski definition) is 6. The fraction of sp³-hybridized carbons (Fsp3) is 0.556. The van der Waals surface area contributed by atoms with Crippen molar-refractivity contribution in [3.8, 4) is 11.3 Å². The zero-order valence-electron chi connectivity index (χ0n) is 16.0. The van der Waals surface area contributed by atoms with E-state index >= 15 is 0 Å². The second-order valence-corrected chi connectivity index (χ2v) is 6.74. The van der Waals surface area contributed by atoms with Crippen molar-refractivity contribution < 1.29 is 22.7 Å². The predicted octanol–water partition coefficient (Wildman–Crippen LogP) is 2.98. The Morgan fingerprint density at radius 1 is 1.36 bits per heavy atom. The molecule has 1 saturated heterocycles. The van der Waals surface area contributed by atoms with Crippen LogP contribution in [-0.2, 0) is 22.8 Å². The lowest BCUT2D eigenvalue weighted by atomic mass is 9.98. The van der Waals surface area contributed by atoms with Crippen LogP contribution in [-0.4, -0.2) is 45.4 Å². The van der Waals surface area contributed by atoms with E-state index in [9.17, 15) is 18.0 Å². The molecule has 3 heterocycles. The van der Waals surface area contributed by atoms with E-state index in [1.54, 1.807) is 30.5 Å². The lowest BCUT2D eigenvalue weighted by Gasteiger charge is -2.32. The second-order valence-electron chi connectivity index (χ2n) is 6.74. The van der Waals surface area contributed by atoms with Gasteiger partial charge >= 0.3 is 12.1 Å². The molecule has 0 spiro atoms. The van der Waals surface area contributed by atoms with Gasteiger partial charge in [0.15, 0.2) is 5.69 Å². The van der Waals surface area contributed by atoms with Crippen molar-refractivity contribution in [1.29, 1.82) is 0 Å². The highest BCUT2D eigenvalue weighted by Crippen LogP contribution is 2.33. The molecule has 152 valence electrons. The van der Waals surface area contributed by atoms with Crippen LogP contribution < -0.4 is 4.90 Å². The lowest BCUT2D eigenvalue weighted by molar-refractivity contribution is -0.148. The molecular formula is C18H22F3N5O2. The minimum Gasteiger partial charge on any atom is -0.466 e. The average Bonchev–Trinajstić information content (AvgIpc) is 3.00. The van der Waals surface area contributed by atoms with Gasteiger partial charge in [-0.25, -0.2) is 9.97 Å². The van der Waals surface area contributed by atoms with E-state index in [1.165, 1.54) is 6.20 Å². The van der Waals surface area contributed by atoms with Crippen LogP contribution in [0.4, 0.5) is 19.1 Å². The molecule has 1 aliphatic heterocycles. The third-order valence-corrected chi connectivity index (χ3v) is 4.84. The molecule has 0 aromatic carbocycles. The summed E-state index contributed by atoms with van der Waals surface area (Å²) in [5.74, 6) is -0.792. The van der Waals surface area contributed by atoms with Gasteiger partial charge < -0.3 is 9.64 Å². The first-order valence-corrected chi connectivity index (χ1v) is 9.07. The zero-order chi connectivity index (χ0) is 20.5. The highest BCUT2D eigenvalue weighted by Gasteiger charge is 2.36. The normalized spacial score (nSPS) is 17.6. The number of hydrogen-bond donors (Lipinski definition) is 0. The van der Waals surface area contributed by atoms with Crippen molar-refractivity contribution >= 4 is 11.9 Å². The van der Waals surface area contributed by atoms with Crippen molar-refractivity contribution in [2.24, 2.45) is 13.0 Å². The Labute approximate surface area is 160 Å². The molecule has 10 heteroatoms. The minimum absolute atomic E-state index is 0.0397. The van der Waals surface area contributed by atoms with Gasteiger partial charge in [0.25, 0.3) is 0 Å². The number of ether oxygens (including phenoxy) is 1. The van der Waals surface area contributed by atoms with Crippen LogP contribution in [0.3, 0.4) is 0 Å². The zero-order valence-corrected chi connectivity index (χ0v) is 16.0. The smallest absolute Gasteiger partial charge is 0.433 e. The summed E-state index contributed by atoms with van der Waals surface area (Å²) in [7, 11) is 1.71. The first kappa shape index (κ1) is 20.1. The van der Waals surface area contributed by atoms with Crippen LogP contribution >= 0.6 is 0 Å². The molecule has 3 rings (SSSR count). The summed E-state index contributed by atoms with van der Waals surface area (Å²) in [4.78, 5) is 21.8. The van der Waals surface area contributed by atoms with Gasteiger partial charge in [0, 0.05) is 31.4 Å². The molecule has 0 N–H and O–H groups in total. The molecule has 1 atom stereocenters. The maximum Gasteiger partial charge on any atom is 0.433 e. The molecule has 0 unspecified atom stereocenters. The van der Waals surface area contributed by atoms with Crippen LogP contribution in [0.1, 0.15) is 31.2 Å². The largest absolute Gasteiger partial charge is 0.466 e. The molecule has 1 fully saturated rings. The molecule has 0 bridgehead atoms. The Balaban J connectivity index is 1.99. The average molecular weight is 397 g/mol. The van der Waals surface area contributed by atoms with E-state index in [2.05, 4.69) is 15.1 Å². The third-order valence-electron chi connectivity index (χ3n) is 4.84. The van der Waals surface area contributed by atoms with Crippen molar-refractivity contribution in [1.82, 2.24) is 19.7 Å². The van der Waals surface area contributed by atoms with Gasteiger partial charge in [0.1, 0.15) is 0 Å². The SMILES string of the molecule is CCOC(=O)[C@@H]1CCCN(c2nc(-c3cnn(C)c3C)cc(C(F)(F)F)n2)C1. The summed E-state index contributed by atoms with van der Waals surface area (Å²) in [6, 6.07) is 0.931. The van der Waals surface area contributed by atoms with Crippen LogP contribution in [0.15, 0.2) is 12.3 Å². The maximum atomic E-state index is 13.4. The fourth-order valence-electron chi connectivity index (χ4n) is 3.22. The topological polar surface area (TPSA) is 73.1 Å². The van der Waals surface area contributed by atoms with Crippen molar-refractivity contribution in [3.63, 3.8) is 0 Å². The summed E-state index contributed by atoms with van der Waals surface area (Å²) in [5, 5.41) is 4.08. The monoisotopic (exact) mass is 397 g/mol. The van der Waals surface area contributed by atoms with Crippen LogP contribution in [0.25, 0.3) is 11.3 Å². The molecule has 28 heavy (non-hydrogen) atoms.